The molecule has 2 aliphatic rings. The zero-order valence-corrected chi connectivity index (χ0v) is 11.0. The number of hydrogen-bond acceptors (Lipinski definition) is 2. The van der Waals surface area contributed by atoms with Crippen LogP contribution in [0, 0.1) is 5.82 Å². The van der Waals surface area contributed by atoms with Crippen molar-refractivity contribution < 1.29 is 19.1 Å². The highest BCUT2D eigenvalue weighted by molar-refractivity contribution is 6.01. The molecule has 0 aromatic heterocycles. The Morgan fingerprint density at radius 1 is 1.25 bits per heavy atom. The largest absolute Gasteiger partial charge is 0.481 e. The third-order valence-corrected chi connectivity index (χ3v) is 4.43. The Morgan fingerprint density at radius 3 is 2.60 bits per heavy atom. The molecule has 1 amide bonds. The molecule has 0 atom stereocenters. The zero-order valence-electron chi connectivity index (χ0n) is 11.0. The summed E-state index contributed by atoms with van der Waals surface area (Å²) in [5.41, 5.74) is 0.449. The molecule has 1 aliphatic heterocycles. The van der Waals surface area contributed by atoms with E-state index >= 15 is 0 Å². The number of carboxylic acids is 1. The van der Waals surface area contributed by atoms with E-state index in [4.69, 9.17) is 0 Å². The molecule has 0 radical (unpaired) electrons. The molecule has 4 nitrogen and oxygen atoms in total. The molecule has 3 rings (SSSR count). The highest BCUT2D eigenvalue weighted by atomic mass is 19.1. The second-order valence-electron chi connectivity index (χ2n) is 5.66. The first-order chi connectivity index (χ1) is 9.53. The van der Waals surface area contributed by atoms with Crippen LogP contribution >= 0.6 is 0 Å². The summed E-state index contributed by atoms with van der Waals surface area (Å²) in [4.78, 5) is 23.4. The fourth-order valence-electron chi connectivity index (χ4n) is 3.44. The van der Waals surface area contributed by atoms with Gasteiger partial charge in [0.2, 0.25) is 5.91 Å². The van der Waals surface area contributed by atoms with Gasteiger partial charge in [0.1, 0.15) is 5.82 Å². The summed E-state index contributed by atoms with van der Waals surface area (Å²) in [5, 5.41) is 12.4. The highest BCUT2D eigenvalue weighted by Gasteiger charge is 2.44. The number of nitrogens with one attached hydrogen (secondary N) is 1. The minimum atomic E-state index is -1.07. The van der Waals surface area contributed by atoms with Crippen LogP contribution in [0.2, 0.25) is 0 Å². The van der Waals surface area contributed by atoms with Gasteiger partial charge in [0.05, 0.1) is 11.8 Å². The lowest BCUT2D eigenvalue weighted by molar-refractivity contribution is -0.145. The van der Waals surface area contributed by atoms with Crippen LogP contribution in [0.3, 0.4) is 0 Å². The summed E-state index contributed by atoms with van der Waals surface area (Å²) >= 11 is 0. The number of halogens is 1. The number of carboxylic acid groups (broad SMARTS) is 1. The molecule has 0 unspecified atom stereocenters. The van der Waals surface area contributed by atoms with Crippen molar-refractivity contribution >= 4 is 17.6 Å². The van der Waals surface area contributed by atoms with E-state index < -0.39 is 17.2 Å². The van der Waals surface area contributed by atoms with E-state index in [2.05, 4.69) is 5.32 Å². The Morgan fingerprint density at radius 2 is 1.95 bits per heavy atom. The van der Waals surface area contributed by atoms with Gasteiger partial charge in [-0.2, -0.15) is 0 Å². The molecule has 5 heteroatoms. The summed E-state index contributed by atoms with van der Waals surface area (Å²) in [6, 6.07) is 2.60. The third-order valence-electron chi connectivity index (χ3n) is 4.43. The number of carbonyl (C=O) groups excluding carboxylic acids is 1. The van der Waals surface area contributed by atoms with Gasteiger partial charge in [0.25, 0.3) is 0 Å². The van der Waals surface area contributed by atoms with Crippen molar-refractivity contribution in [3.05, 3.63) is 29.1 Å². The Bertz CT molecular complexity index is 591. The smallest absolute Gasteiger partial charge is 0.314 e. The topological polar surface area (TPSA) is 66.4 Å². The molecule has 2 N–H and O–H groups in total. The first-order valence-corrected chi connectivity index (χ1v) is 6.89. The lowest BCUT2D eigenvalue weighted by Gasteiger charge is -2.34. The number of amides is 1. The van der Waals surface area contributed by atoms with Gasteiger partial charge in [0, 0.05) is 5.69 Å². The van der Waals surface area contributed by atoms with Gasteiger partial charge in [0.15, 0.2) is 0 Å². The van der Waals surface area contributed by atoms with Gasteiger partial charge in [-0.1, -0.05) is 19.3 Å². The summed E-state index contributed by atoms with van der Waals surface area (Å²) in [6.07, 6.45) is 3.73. The summed E-state index contributed by atoms with van der Waals surface area (Å²) in [5.74, 6) is -1.60. The number of benzene rings is 1. The molecule has 1 heterocycles. The molecule has 20 heavy (non-hydrogen) atoms. The summed E-state index contributed by atoms with van der Waals surface area (Å²) in [7, 11) is 0. The second kappa shape index (κ2) is 4.58. The van der Waals surface area contributed by atoms with Crippen molar-refractivity contribution in [2.24, 2.45) is 0 Å². The molecule has 1 aromatic rings. The van der Waals surface area contributed by atoms with Gasteiger partial charge < -0.3 is 10.4 Å². The zero-order chi connectivity index (χ0) is 14.3. The van der Waals surface area contributed by atoms with Gasteiger partial charge >= 0.3 is 5.97 Å². The van der Waals surface area contributed by atoms with Crippen molar-refractivity contribution in [3.8, 4) is 0 Å². The van der Waals surface area contributed by atoms with E-state index in [0.717, 1.165) is 19.3 Å². The Labute approximate surface area is 116 Å². The maximum Gasteiger partial charge on any atom is 0.314 e. The van der Waals surface area contributed by atoms with Gasteiger partial charge in [-0.05, 0) is 36.1 Å². The van der Waals surface area contributed by atoms with E-state index in [1.54, 1.807) is 0 Å². The number of anilines is 1. The lowest BCUT2D eigenvalue weighted by Crippen LogP contribution is -2.38. The van der Waals surface area contributed by atoms with Crippen LogP contribution < -0.4 is 5.32 Å². The van der Waals surface area contributed by atoms with E-state index in [1.165, 1.54) is 12.1 Å². The molecule has 0 saturated heterocycles. The normalized spacial score (nSPS) is 20.4. The van der Waals surface area contributed by atoms with Crippen LogP contribution in [0.5, 0.6) is 0 Å². The average Bonchev–Trinajstić information content (AvgIpc) is 2.78. The van der Waals surface area contributed by atoms with Crippen LogP contribution in [0.1, 0.15) is 43.2 Å². The second-order valence-corrected chi connectivity index (χ2v) is 5.66. The van der Waals surface area contributed by atoms with Crippen LogP contribution in [-0.4, -0.2) is 17.0 Å². The van der Waals surface area contributed by atoms with Crippen molar-refractivity contribution in [2.75, 3.05) is 5.32 Å². The van der Waals surface area contributed by atoms with Gasteiger partial charge in [-0.15, -0.1) is 0 Å². The predicted octanol–water partition coefficient (Wildman–Crippen LogP) is 2.61. The fraction of sp³-hybridized carbons (Fsp3) is 0.467. The standard InChI is InChI=1S/C15H16FNO3/c16-10-6-9-7-12(18)17-13(9)11(8-10)15(14(19)20)4-2-1-3-5-15/h6,8H,1-5,7H2,(H,17,18)(H,19,20). The van der Waals surface area contributed by atoms with Crippen molar-refractivity contribution in [1.29, 1.82) is 0 Å². The molecule has 1 aliphatic carbocycles. The van der Waals surface area contributed by atoms with Gasteiger partial charge in [-0.25, -0.2) is 4.39 Å². The Hall–Kier alpha value is -1.91. The average molecular weight is 277 g/mol. The molecule has 106 valence electrons. The third kappa shape index (κ3) is 1.88. The predicted molar refractivity (Wildman–Crippen MR) is 71.1 cm³/mol. The lowest BCUT2D eigenvalue weighted by atomic mass is 9.68. The van der Waals surface area contributed by atoms with Gasteiger partial charge in [-0.3, -0.25) is 9.59 Å². The van der Waals surface area contributed by atoms with Crippen LogP contribution in [0.25, 0.3) is 0 Å². The van der Waals surface area contributed by atoms with E-state index in [-0.39, 0.29) is 12.3 Å². The molecule has 0 bridgehead atoms. The number of hydrogen-bond donors (Lipinski definition) is 2. The molecule has 0 spiro atoms. The highest BCUT2D eigenvalue weighted by Crippen LogP contribution is 2.45. The molecular formula is C15H16FNO3. The summed E-state index contributed by atoms with van der Waals surface area (Å²) < 4.78 is 13.8. The van der Waals surface area contributed by atoms with E-state index in [9.17, 15) is 19.1 Å². The number of fused-ring (bicyclic) bond motifs is 1. The molecular weight excluding hydrogens is 261 g/mol. The van der Waals surface area contributed by atoms with Crippen molar-refractivity contribution in [1.82, 2.24) is 0 Å². The maximum atomic E-state index is 13.8. The molecule has 1 saturated carbocycles. The molecule has 1 fully saturated rings. The van der Waals surface area contributed by atoms with E-state index in [0.29, 0.717) is 29.7 Å². The SMILES string of the molecule is O=C1Cc2cc(F)cc(C3(C(=O)O)CCCCC3)c2N1. The Kier molecular flexibility index (Phi) is 3.00. The maximum absolute atomic E-state index is 13.8. The molecule has 1 aromatic carbocycles. The van der Waals surface area contributed by atoms with Crippen LogP contribution in [0.15, 0.2) is 12.1 Å². The first kappa shape index (κ1) is 13.1. The summed E-state index contributed by atoms with van der Waals surface area (Å²) in [6.45, 7) is 0. The van der Waals surface area contributed by atoms with Crippen LogP contribution in [0.4, 0.5) is 10.1 Å². The monoisotopic (exact) mass is 277 g/mol. The van der Waals surface area contributed by atoms with E-state index in [1.807, 2.05) is 0 Å². The van der Waals surface area contributed by atoms with Crippen molar-refractivity contribution in [2.45, 2.75) is 43.9 Å². The number of rotatable bonds is 2. The minimum absolute atomic E-state index is 0.121. The van der Waals surface area contributed by atoms with Crippen LogP contribution in [-0.2, 0) is 21.4 Å². The minimum Gasteiger partial charge on any atom is -0.481 e. The number of aliphatic carboxylic acids is 1. The Balaban J connectivity index is 2.17. The first-order valence-electron chi connectivity index (χ1n) is 6.89. The fourth-order valence-corrected chi connectivity index (χ4v) is 3.44. The number of carbonyl (C=O) groups is 2. The van der Waals surface area contributed by atoms with Crippen molar-refractivity contribution in [3.63, 3.8) is 0 Å². The quantitative estimate of drug-likeness (QED) is 0.873.